The molecule has 0 unspecified atom stereocenters. The summed E-state index contributed by atoms with van der Waals surface area (Å²) in [5, 5.41) is 2.71. The topological polar surface area (TPSA) is 82.6 Å². The Balaban J connectivity index is 1.74. The molecule has 1 atom stereocenters. The summed E-state index contributed by atoms with van der Waals surface area (Å²) in [5.41, 5.74) is 5.41. The molecule has 3 aromatic rings. The van der Waals surface area contributed by atoms with Crippen molar-refractivity contribution in [1.29, 1.82) is 0 Å². The molecule has 0 fully saturated rings. The van der Waals surface area contributed by atoms with Gasteiger partial charge in [-0.2, -0.15) is 0 Å². The molecular formula is C27H32FN5O2. The van der Waals surface area contributed by atoms with Gasteiger partial charge in [0.05, 0.1) is 24.0 Å². The van der Waals surface area contributed by atoms with Gasteiger partial charge >= 0.3 is 0 Å². The molecule has 1 aromatic heterocycles. The standard InChI is InChI=1S/C27H32FN5O2/c1-16-6-7-20(11-23(16)28)26(15-33-9-8-30-18(3)14-33)35-25-10-17(2)21(12-22(25)27(34)29-5)24-13-31-19(4)32-24/h6-7,10-13,26H,8-9,14-15H2,1-5H3,(H,29,34)(H,31,32)/t26-/m1/s1. The van der Waals surface area contributed by atoms with Crippen LogP contribution < -0.4 is 10.1 Å². The minimum absolute atomic E-state index is 0.257. The van der Waals surface area contributed by atoms with Crippen LogP contribution >= 0.6 is 0 Å². The fraction of sp³-hybridized carbons (Fsp3) is 0.370. The molecule has 1 amide bonds. The minimum atomic E-state index is -0.473. The van der Waals surface area contributed by atoms with Crippen LogP contribution in [0.3, 0.4) is 0 Å². The molecule has 2 aromatic carbocycles. The first-order chi connectivity index (χ1) is 16.7. The highest BCUT2D eigenvalue weighted by molar-refractivity contribution is 5.98. The number of amides is 1. The lowest BCUT2D eigenvalue weighted by atomic mass is 10.0. The smallest absolute Gasteiger partial charge is 0.254 e. The second-order valence-electron chi connectivity index (χ2n) is 9.09. The van der Waals surface area contributed by atoms with Crippen molar-refractivity contribution in [3.05, 3.63) is 70.4 Å². The summed E-state index contributed by atoms with van der Waals surface area (Å²) in [4.78, 5) is 27.1. The van der Waals surface area contributed by atoms with E-state index in [1.807, 2.05) is 39.0 Å². The van der Waals surface area contributed by atoms with Crippen molar-refractivity contribution in [3.8, 4) is 17.0 Å². The summed E-state index contributed by atoms with van der Waals surface area (Å²) in [7, 11) is 1.59. The third-order valence-corrected chi connectivity index (χ3v) is 6.30. The monoisotopic (exact) mass is 477 g/mol. The highest BCUT2D eigenvalue weighted by atomic mass is 19.1. The zero-order chi connectivity index (χ0) is 25.1. The number of aromatic amines is 1. The van der Waals surface area contributed by atoms with E-state index >= 15 is 0 Å². The number of aryl methyl sites for hydroxylation is 3. The number of ether oxygens (including phenoxy) is 1. The molecule has 0 bridgehead atoms. The first-order valence-electron chi connectivity index (χ1n) is 11.8. The molecule has 0 saturated heterocycles. The van der Waals surface area contributed by atoms with Gasteiger partial charge in [-0.1, -0.05) is 12.1 Å². The van der Waals surface area contributed by atoms with E-state index in [1.54, 1.807) is 26.2 Å². The normalized spacial score (nSPS) is 15.0. The number of H-pyrrole nitrogens is 1. The van der Waals surface area contributed by atoms with E-state index in [9.17, 15) is 9.18 Å². The van der Waals surface area contributed by atoms with Crippen molar-refractivity contribution < 1.29 is 13.9 Å². The van der Waals surface area contributed by atoms with Crippen molar-refractivity contribution >= 4 is 11.6 Å². The van der Waals surface area contributed by atoms with Gasteiger partial charge in [0.1, 0.15) is 23.5 Å². The Labute approximate surface area is 205 Å². The van der Waals surface area contributed by atoms with Gasteiger partial charge in [-0.3, -0.25) is 14.7 Å². The largest absolute Gasteiger partial charge is 0.484 e. The number of benzene rings is 2. The maximum atomic E-state index is 14.5. The van der Waals surface area contributed by atoms with E-state index in [-0.39, 0.29) is 11.7 Å². The van der Waals surface area contributed by atoms with Crippen LogP contribution in [0, 0.1) is 26.6 Å². The van der Waals surface area contributed by atoms with Crippen LogP contribution in [-0.4, -0.2) is 59.7 Å². The van der Waals surface area contributed by atoms with Crippen molar-refractivity contribution in [2.75, 3.05) is 33.2 Å². The molecule has 1 aliphatic heterocycles. The average Bonchev–Trinajstić information content (AvgIpc) is 3.26. The van der Waals surface area contributed by atoms with Gasteiger partial charge in [0.25, 0.3) is 5.91 Å². The summed E-state index contributed by atoms with van der Waals surface area (Å²) >= 11 is 0. The first-order valence-corrected chi connectivity index (χ1v) is 11.8. The number of nitrogens with one attached hydrogen (secondary N) is 2. The van der Waals surface area contributed by atoms with Gasteiger partial charge in [-0.25, -0.2) is 9.37 Å². The fourth-order valence-corrected chi connectivity index (χ4v) is 4.34. The number of aliphatic imine (C=N–C) groups is 1. The molecule has 2 heterocycles. The lowest BCUT2D eigenvalue weighted by molar-refractivity contribution is 0.0949. The average molecular weight is 478 g/mol. The third-order valence-electron chi connectivity index (χ3n) is 6.30. The Morgan fingerprint density at radius 1 is 1.20 bits per heavy atom. The highest BCUT2D eigenvalue weighted by Crippen LogP contribution is 2.33. The SMILES string of the molecule is CNC(=O)c1cc(-c2cnc(C)[nH]2)c(C)cc1O[C@H](CN1CCN=C(C)C1)c1ccc(C)c(F)c1. The van der Waals surface area contributed by atoms with Gasteiger partial charge < -0.3 is 15.0 Å². The van der Waals surface area contributed by atoms with Crippen molar-refractivity contribution in [1.82, 2.24) is 20.2 Å². The predicted molar refractivity (Wildman–Crippen MR) is 136 cm³/mol. The van der Waals surface area contributed by atoms with E-state index in [0.29, 0.717) is 23.4 Å². The number of carbonyl (C=O) groups excluding carboxylic acids is 1. The molecular weight excluding hydrogens is 445 g/mol. The molecule has 0 spiro atoms. The van der Waals surface area contributed by atoms with Gasteiger partial charge in [0.2, 0.25) is 0 Å². The Hall–Kier alpha value is -3.52. The molecule has 8 heteroatoms. The van der Waals surface area contributed by atoms with Crippen LogP contribution in [-0.2, 0) is 0 Å². The zero-order valence-electron chi connectivity index (χ0n) is 20.9. The molecule has 0 aliphatic carbocycles. The number of halogens is 1. The van der Waals surface area contributed by atoms with E-state index in [1.165, 1.54) is 6.07 Å². The summed E-state index contributed by atoms with van der Waals surface area (Å²) in [5.74, 6) is 0.714. The van der Waals surface area contributed by atoms with Crippen LogP contribution in [0.25, 0.3) is 11.3 Å². The number of nitrogens with zero attached hydrogens (tertiary/aromatic N) is 3. The molecule has 0 radical (unpaired) electrons. The van der Waals surface area contributed by atoms with E-state index in [4.69, 9.17) is 4.74 Å². The van der Waals surface area contributed by atoms with E-state index in [0.717, 1.165) is 53.6 Å². The van der Waals surface area contributed by atoms with Gasteiger partial charge in [-0.15, -0.1) is 0 Å². The molecule has 35 heavy (non-hydrogen) atoms. The minimum Gasteiger partial charge on any atom is -0.484 e. The summed E-state index contributed by atoms with van der Waals surface area (Å²) in [6, 6.07) is 8.87. The van der Waals surface area contributed by atoms with Gasteiger partial charge in [0, 0.05) is 38.0 Å². The lowest BCUT2D eigenvalue weighted by Crippen LogP contribution is -2.39. The second kappa shape index (κ2) is 10.4. The number of rotatable bonds is 7. The number of imidazole rings is 1. The third kappa shape index (κ3) is 5.59. The Kier molecular flexibility index (Phi) is 7.31. The van der Waals surface area contributed by atoms with Crippen LogP contribution in [0.5, 0.6) is 5.75 Å². The van der Waals surface area contributed by atoms with E-state index < -0.39 is 6.10 Å². The van der Waals surface area contributed by atoms with Crippen LogP contribution in [0.1, 0.15) is 45.9 Å². The van der Waals surface area contributed by atoms with Crippen molar-refractivity contribution in [3.63, 3.8) is 0 Å². The zero-order valence-corrected chi connectivity index (χ0v) is 20.9. The number of hydrogen-bond donors (Lipinski definition) is 2. The molecule has 7 nitrogen and oxygen atoms in total. The molecule has 0 saturated carbocycles. The fourth-order valence-electron chi connectivity index (χ4n) is 4.34. The Bertz CT molecular complexity index is 1270. The van der Waals surface area contributed by atoms with Crippen LogP contribution in [0.15, 0.2) is 41.5 Å². The Morgan fingerprint density at radius 2 is 2.00 bits per heavy atom. The van der Waals surface area contributed by atoms with Gasteiger partial charge in [0.15, 0.2) is 0 Å². The highest BCUT2D eigenvalue weighted by Gasteiger charge is 2.24. The maximum Gasteiger partial charge on any atom is 0.254 e. The van der Waals surface area contributed by atoms with Gasteiger partial charge in [-0.05, 0) is 62.6 Å². The van der Waals surface area contributed by atoms with Crippen LogP contribution in [0.4, 0.5) is 4.39 Å². The Morgan fingerprint density at radius 3 is 2.66 bits per heavy atom. The molecule has 4 rings (SSSR count). The van der Waals surface area contributed by atoms with Crippen LogP contribution in [0.2, 0.25) is 0 Å². The molecule has 1 aliphatic rings. The first kappa shape index (κ1) is 24.6. The van der Waals surface area contributed by atoms with Crippen molar-refractivity contribution in [2.45, 2.75) is 33.8 Å². The summed E-state index contributed by atoms with van der Waals surface area (Å²) in [6.07, 6.45) is 1.28. The lowest BCUT2D eigenvalue weighted by Gasteiger charge is -2.30. The second-order valence-corrected chi connectivity index (χ2v) is 9.09. The summed E-state index contributed by atoms with van der Waals surface area (Å²) in [6.45, 7) is 10.4. The number of hydrogen-bond acceptors (Lipinski definition) is 5. The quantitative estimate of drug-likeness (QED) is 0.529. The summed E-state index contributed by atoms with van der Waals surface area (Å²) < 4.78 is 21.1. The predicted octanol–water partition coefficient (Wildman–Crippen LogP) is 4.40. The number of carbonyl (C=O) groups is 1. The molecule has 184 valence electrons. The maximum absolute atomic E-state index is 14.5. The van der Waals surface area contributed by atoms with E-state index in [2.05, 4.69) is 25.2 Å². The van der Waals surface area contributed by atoms with Crippen molar-refractivity contribution in [2.24, 2.45) is 4.99 Å². The number of aromatic nitrogens is 2. The molecule has 2 N–H and O–H groups in total.